The number of carboxylic acid groups (broad SMARTS) is 1. The van der Waals surface area contributed by atoms with Gasteiger partial charge in [-0.3, -0.25) is 19.8 Å². The van der Waals surface area contributed by atoms with Crippen molar-refractivity contribution in [3.63, 3.8) is 0 Å². The number of azo groups is 1. The van der Waals surface area contributed by atoms with Crippen molar-refractivity contribution in [2.75, 3.05) is 7.11 Å². The number of nitrogens with one attached hydrogen (secondary N) is 2. The number of aliphatic carboxylic acids is 1. The van der Waals surface area contributed by atoms with E-state index in [1.807, 2.05) is 12.1 Å². The first kappa shape index (κ1) is 17.2. The average Bonchev–Trinajstić information content (AvgIpc) is 3.01. The molecular weight excluding hydrogens is 336 g/mol. The number of hydrogen-bond acceptors (Lipinski definition) is 5. The van der Waals surface area contributed by atoms with E-state index >= 15 is 0 Å². The SMILES string of the molecule is COc1ccccc1-c1[nH][nH]c(=O)c1N=Nc1ccc(CC(=O)O)cc1. The summed E-state index contributed by atoms with van der Waals surface area (Å²) in [7, 11) is 1.55. The van der Waals surface area contributed by atoms with Crippen LogP contribution in [-0.2, 0) is 11.2 Å². The zero-order valence-corrected chi connectivity index (χ0v) is 13.9. The van der Waals surface area contributed by atoms with Crippen LogP contribution in [0.5, 0.6) is 5.75 Å². The number of benzene rings is 2. The molecule has 0 atom stereocenters. The Morgan fingerprint density at radius 2 is 1.81 bits per heavy atom. The van der Waals surface area contributed by atoms with Gasteiger partial charge in [-0.2, -0.15) is 5.11 Å². The van der Waals surface area contributed by atoms with Crippen molar-refractivity contribution in [3.8, 4) is 17.0 Å². The average molecular weight is 352 g/mol. The summed E-state index contributed by atoms with van der Waals surface area (Å²) in [5.41, 5.74) is 2.04. The number of para-hydroxylation sites is 1. The maximum absolute atomic E-state index is 12.1. The zero-order chi connectivity index (χ0) is 18.5. The number of hydrogen-bond donors (Lipinski definition) is 3. The van der Waals surface area contributed by atoms with Crippen LogP contribution in [0.1, 0.15) is 5.56 Å². The Bertz CT molecular complexity index is 1000. The Kier molecular flexibility index (Phi) is 4.93. The lowest BCUT2D eigenvalue weighted by Gasteiger charge is -2.06. The summed E-state index contributed by atoms with van der Waals surface area (Å²) in [6.07, 6.45) is -0.0626. The third kappa shape index (κ3) is 3.69. The van der Waals surface area contributed by atoms with Gasteiger partial charge in [-0.25, -0.2) is 0 Å². The number of methoxy groups -OCH3 is 1. The normalized spacial score (nSPS) is 11.0. The third-order valence-corrected chi connectivity index (χ3v) is 3.69. The van der Waals surface area contributed by atoms with Crippen molar-refractivity contribution >= 4 is 17.3 Å². The number of rotatable bonds is 6. The van der Waals surface area contributed by atoms with Crippen molar-refractivity contribution in [3.05, 3.63) is 64.4 Å². The number of aromatic amines is 2. The van der Waals surface area contributed by atoms with E-state index in [-0.39, 0.29) is 12.1 Å². The lowest BCUT2D eigenvalue weighted by atomic mass is 10.1. The number of carboxylic acids is 1. The lowest BCUT2D eigenvalue weighted by molar-refractivity contribution is -0.136. The van der Waals surface area contributed by atoms with E-state index in [0.717, 1.165) is 0 Å². The maximum Gasteiger partial charge on any atom is 0.307 e. The minimum atomic E-state index is -0.903. The van der Waals surface area contributed by atoms with Crippen LogP contribution in [0.2, 0.25) is 0 Å². The van der Waals surface area contributed by atoms with E-state index < -0.39 is 11.5 Å². The highest BCUT2D eigenvalue weighted by atomic mass is 16.5. The standard InChI is InChI=1S/C18H16N4O4/c1-26-14-5-3-2-4-13(14)16-17(18(25)22-20-16)21-19-12-8-6-11(7-9-12)10-15(23)24/h2-9H,10H2,1H3,(H,23,24)(H2,20,22,25). The predicted molar refractivity (Wildman–Crippen MR) is 95.4 cm³/mol. The fourth-order valence-corrected chi connectivity index (χ4v) is 2.46. The van der Waals surface area contributed by atoms with Crippen LogP contribution in [0.4, 0.5) is 11.4 Å². The topological polar surface area (TPSA) is 120 Å². The van der Waals surface area contributed by atoms with Crippen molar-refractivity contribution in [1.29, 1.82) is 0 Å². The second kappa shape index (κ2) is 7.47. The van der Waals surface area contributed by atoms with Crippen LogP contribution < -0.4 is 10.3 Å². The van der Waals surface area contributed by atoms with E-state index in [0.29, 0.717) is 28.3 Å². The number of aromatic nitrogens is 2. The smallest absolute Gasteiger partial charge is 0.307 e. The molecule has 0 amide bonds. The minimum Gasteiger partial charge on any atom is -0.496 e. The first-order chi connectivity index (χ1) is 12.6. The molecule has 0 bridgehead atoms. The molecule has 0 spiro atoms. The van der Waals surface area contributed by atoms with Gasteiger partial charge in [0.1, 0.15) is 5.75 Å². The van der Waals surface area contributed by atoms with Crippen LogP contribution in [0.15, 0.2) is 63.6 Å². The zero-order valence-electron chi connectivity index (χ0n) is 13.9. The van der Waals surface area contributed by atoms with E-state index in [9.17, 15) is 9.59 Å². The highest BCUT2D eigenvalue weighted by molar-refractivity contribution is 5.76. The highest BCUT2D eigenvalue weighted by Crippen LogP contribution is 2.33. The van der Waals surface area contributed by atoms with Crippen LogP contribution in [0, 0.1) is 0 Å². The summed E-state index contributed by atoms with van der Waals surface area (Å²) in [5, 5.41) is 22.2. The second-order valence-electron chi connectivity index (χ2n) is 5.44. The number of ether oxygens (including phenoxy) is 1. The van der Waals surface area contributed by atoms with Gasteiger partial charge in [0, 0.05) is 5.56 Å². The summed E-state index contributed by atoms with van der Waals surface area (Å²) >= 11 is 0. The molecule has 3 rings (SSSR count). The van der Waals surface area contributed by atoms with Gasteiger partial charge in [-0.15, -0.1) is 5.11 Å². The molecule has 8 heteroatoms. The van der Waals surface area contributed by atoms with Gasteiger partial charge < -0.3 is 9.84 Å². The van der Waals surface area contributed by atoms with Crippen LogP contribution in [-0.4, -0.2) is 28.4 Å². The van der Waals surface area contributed by atoms with Crippen LogP contribution in [0.25, 0.3) is 11.3 Å². The number of nitrogens with zero attached hydrogens (tertiary/aromatic N) is 2. The molecular formula is C18H16N4O4. The molecule has 3 aromatic rings. The second-order valence-corrected chi connectivity index (χ2v) is 5.44. The molecule has 3 N–H and O–H groups in total. The molecule has 1 heterocycles. The van der Waals surface area contributed by atoms with Crippen molar-refractivity contribution in [2.45, 2.75) is 6.42 Å². The maximum atomic E-state index is 12.1. The fourth-order valence-electron chi connectivity index (χ4n) is 2.46. The Morgan fingerprint density at radius 1 is 1.08 bits per heavy atom. The Morgan fingerprint density at radius 3 is 2.50 bits per heavy atom. The van der Waals surface area contributed by atoms with Gasteiger partial charge in [-0.1, -0.05) is 24.3 Å². The van der Waals surface area contributed by atoms with Crippen LogP contribution in [0.3, 0.4) is 0 Å². The largest absolute Gasteiger partial charge is 0.496 e. The van der Waals surface area contributed by atoms with Crippen molar-refractivity contribution in [1.82, 2.24) is 10.2 Å². The van der Waals surface area contributed by atoms with Gasteiger partial charge in [0.05, 0.1) is 24.9 Å². The molecule has 0 radical (unpaired) electrons. The summed E-state index contributed by atoms with van der Waals surface area (Å²) in [4.78, 5) is 22.8. The quantitative estimate of drug-likeness (QED) is 0.589. The third-order valence-electron chi connectivity index (χ3n) is 3.69. The van der Waals surface area contributed by atoms with Gasteiger partial charge in [0.2, 0.25) is 0 Å². The van der Waals surface area contributed by atoms with E-state index in [1.165, 1.54) is 0 Å². The van der Waals surface area contributed by atoms with E-state index in [1.54, 1.807) is 43.5 Å². The lowest BCUT2D eigenvalue weighted by Crippen LogP contribution is -1.99. The summed E-state index contributed by atoms with van der Waals surface area (Å²) < 4.78 is 5.32. The molecule has 0 unspecified atom stereocenters. The fraction of sp³-hybridized carbons (Fsp3) is 0.111. The van der Waals surface area contributed by atoms with Gasteiger partial charge in [0.25, 0.3) is 5.56 Å². The Balaban J connectivity index is 1.91. The van der Waals surface area contributed by atoms with Gasteiger partial charge >= 0.3 is 5.97 Å². The molecule has 0 aliphatic carbocycles. The molecule has 8 nitrogen and oxygen atoms in total. The first-order valence-electron chi connectivity index (χ1n) is 7.75. The summed E-state index contributed by atoms with van der Waals surface area (Å²) in [6.45, 7) is 0. The van der Waals surface area contributed by atoms with Crippen molar-refractivity contribution < 1.29 is 14.6 Å². The predicted octanol–water partition coefficient (Wildman–Crippen LogP) is 3.42. The van der Waals surface area contributed by atoms with Crippen molar-refractivity contribution in [2.24, 2.45) is 10.2 Å². The Labute approximate surface area is 148 Å². The van der Waals surface area contributed by atoms with E-state index in [4.69, 9.17) is 9.84 Å². The molecule has 26 heavy (non-hydrogen) atoms. The van der Waals surface area contributed by atoms with E-state index in [2.05, 4.69) is 20.4 Å². The summed E-state index contributed by atoms with van der Waals surface area (Å²) in [6, 6.07) is 13.8. The number of carbonyl (C=O) groups is 1. The monoisotopic (exact) mass is 352 g/mol. The molecule has 0 saturated carbocycles. The molecule has 2 aromatic carbocycles. The molecule has 0 aliphatic heterocycles. The molecule has 132 valence electrons. The summed E-state index contributed by atoms with van der Waals surface area (Å²) in [5.74, 6) is -0.308. The Hall–Kier alpha value is -3.68. The van der Waals surface area contributed by atoms with Gasteiger partial charge in [0.15, 0.2) is 5.69 Å². The highest BCUT2D eigenvalue weighted by Gasteiger charge is 2.15. The number of H-pyrrole nitrogens is 2. The first-order valence-corrected chi connectivity index (χ1v) is 7.75. The minimum absolute atomic E-state index is 0.0626. The van der Waals surface area contributed by atoms with Gasteiger partial charge in [-0.05, 0) is 29.8 Å². The molecule has 0 saturated heterocycles. The molecule has 1 aromatic heterocycles. The molecule has 0 fully saturated rings. The molecule has 0 aliphatic rings. The van der Waals surface area contributed by atoms with Crippen LogP contribution >= 0.6 is 0 Å².